The molecule has 202 valence electrons. The molecular weight excluding hydrogens is 500 g/mol. The summed E-state index contributed by atoms with van der Waals surface area (Å²) in [5, 5.41) is 15.6. The van der Waals surface area contributed by atoms with Crippen LogP contribution in [0.5, 0.6) is 11.5 Å². The third-order valence-electron chi connectivity index (χ3n) is 7.08. The average molecular weight is 539 g/mol. The summed E-state index contributed by atoms with van der Waals surface area (Å²) in [6, 6.07) is 25.6. The summed E-state index contributed by atoms with van der Waals surface area (Å²) in [6.45, 7) is 6.01. The highest BCUT2D eigenvalue weighted by atomic mass is 32.1. The van der Waals surface area contributed by atoms with Crippen molar-refractivity contribution in [1.29, 1.82) is 0 Å². The number of benzene rings is 4. The zero-order valence-corrected chi connectivity index (χ0v) is 23.9. The second kappa shape index (κ2) is 13.6. The predicted molar refractivity (Wildman–Crippen MR) is 165 cm³/mol. The van der Waals surface area contributed by atoms with Gasteiger partial charge in [-0.1, -0.05) is 100 Å². The second-order valence-corrected chi connectivity index (χ2v) is 11.2. The standard InChI is InChI=1S/C34H38N2O2S/c1-3-5-7-9-19-37-31-17-15-25-21-29(13-11-27(25)23-31)33-35-36-34(39-33)30-14-12-28-24-32(18-16-26(28)22-30)38-20-10-8-6-4-2/h11-18,21-24H,3-10,19-20H2,1-2H3. The summed E-state index contributed by atoms with van der Waals surface area (Å²) in [5.41, 5.74) is 2.17. The minimum atomic E-state index is 0.778. The lowest BCUT2D eigenvalue weighted by Gasteiger charge is -2.08. The van der Waals surface area contributed by atoms with E-state index in [1.165, 1.54) is 60.1 Å². The number of fused-ring (bicyclic) bond motifs is 2. The van der Waals surface area contributed by atoms with Gasteiger partial charge in [0.1, 0.15) is 21.5 Å². The average Bonchev–Trinajstić information content (AvgIpc) is 3.47. The first kappa shape index (κ1) is 27.1. The highest BCUT2D eigenvalue weighted by Gasteiger charge is 2.11. The molecule has 4 nitrogen and oxygen atoms in total. The molecule has 0 aliphatic carbocycles. The van der Waals surface area contributed by atoms with E-state index in [0.717, 1.165) is 58.7 Å². The molecule has 0 amide bonds. The lowest BCUT2D eigenvalue weighted by Crippen LogP contribution is -1.97. The van der Waals surface area contributed by atoms with Crippen molar-refractivity contribution in [2.24, 2.45) is 0 Å². The molecule has 0 fully saturated rings. The first-order valence-corrected chi connectivity index (χ1v) is 15.2. The van der Waals surface area contributed by atoms with Gasteiger partial charge < -0.3 is 9.47 Å². The summed E-state index contributed by atoms with van der Waals surface area (Å²) in [4.78, 5) is 0. The van der Waals surface area contributed by atoms with Crippen LogP contribution >= 0.6 is 11.3 Å². The summed E-state index contributed by atoms with van der Waals surface area (Å²) < 4.78 is 11.9. The normalized spacial score (nSPS) is 11.3. The Hall–Kier alpha value is -3.44. The van der Waals surface area contributed by atoms with E-state index < -0.39 is 0 Å². The lowest BCUT2D eigenvalue weighted by atomic mass is 10.1. The van der Waals surface area contributed by atoms with Gasteiger partial charge in [0.2, 0.25) is 0 Å². The largest absolute Gasteiger partial charge is 0.494 e. The minimum Gasteiger partial charge on any atom is -0.494 e. The lowest BCUT2D eigenvalue weighted by molar-refractivity contribution is 0.305. The van der Waals surface area contributed by atoms with Gasteiger partial charge in [-0.15, -0.1) is 10.2 Å². The van der Waals surface area contributed by atoms with Crippen LogP contribution < -0.4 is 9.47 Å². The van der Waals surface area contributed by atoms with Crippen LogP contribution in [-0.4, -0.2) is 23.4 Å². The Morgan fingerprint density at radius 1 is 0.513 bits per heavy atom. The van der Waals surface area contributed by atoms with E-state index in [2.05, 4.69) is 96.8 Å². The van der Waals surface area contributed by atoms with Gasteiger partial charge in [0, 0.05) is 11.1 Å². The number of ether oxygens (including phenoxy) is 2. The maximum atomic E-state index is 5.97. The van der Waals surface area contributed by atoms with Gasteiger partial charge in [-0.3, -0.25) is 0 Å². The van der Waals surface area contributed by atoms with Gasteiger partial charge >= 0.3 is 0 Å². The molecule has 4 aromatic carbocycles. The van der Waals surface area contributed by atoms with E-state index in [1.54, 1.807) is 11.3 Å². The number of hydrogen-bond acceptors (Lipinski definition) is 5. The maximum absolute atomic E-state index is 5.97. The van der Waals surface area contributed by atoms with E-state index >= 15 is 0 Å². The number of unbranched alkanes of at least 4 members (excludes halogenated alkanes) is 6. The Kier molecular flexibility index (Phi) is 9.44. The van der Waals surface area contributed by atoms with Gasteiger partial charge in [-0.25, -0.2) is 0 Å². The summed E-state index contributed by atoms with van der Waals surface area (Å²) in [7, 11) is 0. The fraction of sp³-hybridized carbons (Fsp3) is 0.353. The Bertz CT molecular complexity index is 1400. The third-order valence-corrected chi connectivity index (χ3v) is 8.10. The van der Waals surface area contributed by atoms with Crippen LogP contribution in [0.25, 0.3) is 42.7 Å². The molecule has 5 rings (SSSR count). The third kappa shape index (κ3) is 7.15. The number of rotatable bonds is 14. The molecular formula is C34H38N2O2S. The Morgan fingerprint density at radius 3 is 1.41 bits per heavy atom. The Balaban J connectivity index is 1.25. The summed E-state index contributed by atoms with van der Waals surface area (Å²) in [6.07, 6.45) is 9.70. The monoisotopic (exact) mass is 538 g/mol. The van der Waals surface area contributed by atoms with Crippen LogP contribution in [0.3, 0.4) is 0 Å². The molecule has 1 aromatic heterocycles. The first-order chi connectivity index (χ1) is 19.2. The fourth-order valence-electron chi connectivity index (χ4n) is 4.79. The van der Waals surface area contributed by atoms with E-state index in [0.29, 0.717) is 0 Å². The SMILES string of the molecule is CCCCCCOc1ccc2cc(-c3nnc(-c4ccc5cc(OCCCCCC)ccc5c4)s3)ccc2c1. The maximum Gasteiger partial charge on any atom is 0.148 e. The number of hydrogen-bond donors (Lipinski definition) is 0. The zero-order valence-electron chi connectivity index (χ0n) is 23.1. The molecule has 0 spiro atoms. The second-order valence-electron chi connectivity index (χ2n) is 10.2. The molecule has 5 aromatic rings. The zero-order chi connectivity index (χ0) is 26.9. The molecule has 0 bridgehead atoms. The fourth-order valence-corrected chi connectivity index (χ4v) is 5.62. The summed E-state index contributed by atoms with van der Waals surface area (Å²) >= 11 is 1.63. The van der Waals surface area contributed by atoms with Crippen LogP contribution in [0, 0.1) is 0 Å². The van der Waals surface area contributed by atoms with Crippen molar-refractivity contribution in [3.63, 3.8) is 0 Å². The van der Waals surface area contributed by atoms with Crippen LogP contribution in [0.2, 0.25) is 0 Å². The van der Waals surface area contributed by atoms with Gasteiger partial charge in [0.05, 0.1) is 13.2 Å². The number of nitrogens with zero attached hydrogens (tertiary/aromatic N) is 2. The van der Waals surface area contributed by atoms with E-state index in [-0.39, 0.29) is 0 Å². The highest BCUT2D eigenvalue weighted by Crippen LogP contribution is 2.34. The van der Waals surface area contributed by atoms with Crippen molar-refractivity contribution in [3.05, 3.63) is 72.8 Å². The topological polar surface area (TPSA) is 44.2 Å². The number of aromatic nitrogens is 2. The van der Waals surface area contributed by atoms with Crippen molar-refractivity contribution >= 4 is 32.9 Å². The van der Waals surface area contributed by atoms with Crippen molar-refractivity contribution in [2.75, 3.05) is 13.2 Å². The van der Waals surface area contributed by atoms with Crippen LogP contribution in [-0.2, 0) is 0 Å². The molecule has 1 heterocycles. The molecule has 5 heteroatoms. The van der Waals surface area contributed by atoms with Gasteiger partial charge in [0.15, 0.2) is 0 Å². The quantitative estimate of drug-likeness (QED) is 0.132. The molecule has 0 unspecified atom stereocenters. The van der Waals surface area contributed by atoms with Gasteiger partial charge in [-0.2, -0.15) is 0 Å². The predicted octanol–water partition coefficient (Wildman–Crippen LogP) is 10.1. The molecule has 0 radical (unpaired) electrons. The molecule has 0 atom stereocenters. The van der Waals surface area contributed by atoms with Crippen molar-refractivity contribution < 1.29 is 9.47 Å². The molecule has 0 saturated carbocycles. The molecule has 0 N–H and O–H groups in total. The molecule has 0 aliphatic heterocycles. The molecule has 0 aliphatic rings. The molecule has 39 heavy (non-hydrogen) atoms. The van der Waals surface area contributed by atoms with E-state index in [4.69, 9.17) is 9.47 Å². The van der Waals surface area contributed by atoms with E-state index in [1.807, 2.05) is 0 Å². The van der Waals surface area contributed by atoms with E-state index in [9.17, 15) is 0 Å². The highest BCUT2D eigenvalue weighted by molar-refractivity contribution is 7.17. The first-order valence-electron chi connectivity index (χ1n) is 14.4. The minimum absolute atomic E-state index is 0.778. The van der Waals surface area contributed by atoms with Crippen LogP contribution in [0.15, 0.2) is 72.8 Å². The van der Waals surface area contributed by atoms with Crippen LogP contribution in [0.1, 0.15) is 65.2 Å². The van der Waals surface area contributed by atoms with Crippen LogP contribution in [0.4, 0.5) is 0 Å². The van der Waals surface area contributed by atoms with Crippen molar-refractivity contribution in [1.82, 2.24) is 10.2 Å². The van der Waals surface area contributed by atoms with Crippen molar-refractivity contribution in [3.8, 4) is 32.6 Å². The Morgan fingerprint density at radius 2 is 0.949 bits per heavy atom. The molecule has 0 saturated heterocycles. The summed E-state index contributed by atoms with van der Waals surface area (Å²) in [5.74, 6) is 1.87. The van der Waals surface area contributed by atoms with Gasteiger partial charge in [-0.05, 0) is 70.8 Å². The van der Waals surface area contributed by atoms with Crippen molar-refractivity contribution in [2.45, 2.75) is 65.2 Å². The smallest absolute Gasteiger partial charge is 0.148 e. The van der Waals surface area contributed by atoms with Gasteiger partial charge in [0.25, 0.3) is 0 Å². The Labute approximate surface area is 236 Å².